The zero-order valence-corrected chi connectivity index (χ0v) is 11.3. The van der Waals surface area contributed by atoms with Crippen LogP contribution in [0.4, 0.5) is 5.69 Å². The van der Waals surface area contributed by atoms with Crippen molar-refractivity contribution in [3.05, 3.63) is 61.0 Å². The van der Waals surface area contributed by atoms with Gasteiger partial charge in [0, 0.05) is 5.69 Å². The normalized spacial score (nSPS) is 11.1. The largest absolute Gasteiger partial charge is 0.497 e. The van der Waals surface area contributed by atoms with E-state index in [0.717, 1.165) is 5.56 Å². The van der Waals surface area contributed by atoms with Crippen molar-refractivity contribution in [2.45, 2.75) is 4.90 Å². The number of ether oxygens (including phenoxy) is 1. The van der Waals surface area contributed by atoms with Gasteiger partial charge in [0.15, 0.2) is 0 Å². The third kappa shape index (κ3) is 3.26. The first-order valence-electron chi connectivity index (χ1n) is 5.60. The van der Waals surface area contributed by atoms with E-state index in [4.69, 9.17) is 4.74 Å². The minimum Gasteiger partial charge on any atom is -0.497 e. The summed E-state index contributed by atoms with van der Waals surface area (Å²) >= 11 is 0. The number of rotatable bonds is 4. The van der Waals surface area contributed by atoms with E-state index in [1.54, 1.807) is 36.4 Å². The van der Waals surface area contributed by atoms with Crippen LogP contribution < -0.4 is 9.46 Å². The predicted octanol–water partition coefficient (Wildman–Crippen LogP) is 2.68. The average molecular weight is 276 g/mol. The van der Waals surface area contributed by atoms with E-state index >= 15 is 0 Å². The number of anilines is 1. The summed E-state index contributed by atoms with van der Waals surface area (Å²) in [6, 6.07) is 13.0. The van der Waals surface area contributed by atoms with Gasteiger partial charge in [-0.05, 0) is 48.9 Å². The third-order valence-corrected chi connectivity index (χ3v) is 3.97. The van der Waals surface area contributed by atoms with Crippen LogP contribution in [0.2, 0.25) is 0 Å². The SMILES string of the molecule is [CH2]c1ccc(NS(=O)(=O)c2ccc(OC)cc2)cc1. The summed E-state index contributed by atoms with van der Waals surface area (Å²) < 4.78 is 31.7. The first kappa shape index (κ1) is 13.4. The maximum absolute atomic E-state index is 12.1. The van der Waals surface area contributed by atoms with E-state index in [1.807, 2.05) is 0 Å². The third-order valence-electron chi connectivity index (χ3n) is 2.58. The lowest BCUT2D eigenvalue weighted by atomic mass is 10.2. The van der Waals surface area contributed by atoms with Crippen LogP contribution >= 0.6 is 0 Å². The van der Waals surface area contributed by atoms with Crippen molar-refractivity contribution >= 4 is 15.7 Å². The summed E-state index contributed by atoms with van der Waals surface area (Å²) in [6.45, 7) is 3.74. The Bertz CT molecular complexity index is 646. The second-order valence-corrected chi connectivity index (χ2v) is 5.66. The number of hydrogen-bond acceptors (Lipinski definition) is 3. The summed E-state index contributed by atoms with van der Waals surface area (Å²) in [4.78, 5) is 0.187. The number of nitrogens with one attached hydrogen (secondary N) is 1. The Labute approximate surface area is 113 Å². The summed E-state index contributed by atoms with van der Waals surface area (Å²) in [6.07, 6.45) is 0. The maximum atomic E-state index is 12.1. The fraction of sp³-hybridized carbons (Fsp3) is 0.0714. The molecule has 0 aliphatic heterocycles. The molecule has 0 fully saturated rings. The van der Waals surface area contributed by atoms with Gasteiger partial charge in [0.1, 0.15) is 5.75 Å². The van der Waals surface area contributed by atoms with Gasteiger partial charge in [-0.25, -0.2) is 8.42 Å². The van der Waals surface area contributed by atoms with Crippen LogP contribution in [-0.2, 0) is 10.0 Å². The monoisotopic (exact) mass is 276 g/mol. The second-order valence-electron chi connectivity index (χ2n) is 3.98. The Morgan fingerprint density at radius 3 is 2.11 bits per heavy atom. The lowest BCUT2D eigenvalue weighted by Gasteiger charge is -2.08. The zero-order chi connectivity index (χ0) is 13.9. The van der Waals surface area contributed by atoms with E-state index in [1.165, 1.54) is 19.2 Å². The average Bonchev–Trinajstić information content (AvgIpc) is 2.41. The number of sulfonamides is 1. The molecule has 2 aromatic rings. The fourth-order valence-electron chi connectivity index (χ4n) is 1.54. The minimum absolute atomic E-state index is 0.187. The van der Waals surface area contributed by atoms with Gasteiger partial charge in [-0.3, -0.25) is 4.72 Å². The molecule has 99 valence electrons. The molecule has 1 N–H and O–H groups in total. The summed E-state index contributed by atoms with van der Waals surface area (Å²) in [7, 11) is -2.05. The van der Waals surface area contributed by atoms with Crippen molar-refractivity contribution in [3.63, 3.8) is 0 Å². The molecule has 0 saturated heterocycles. The molecule has 1 radical (unpaired) electrons. The predicted molar refractivity (Wildman–Crippen MR) is 74.7 cm³/mol. The van der Waals surface area contributed by atoms with Crippen molar-refractivity contribution in [1.29, 1.82) is 0 Å². The first-order valence-corrected chi connectivity index (χ1v) is 7.08. The molecule has 0 aliphatic rings. The highest BCUT2D eigenvalue weighted by Crippen LogP contribution is 2.19. The van der Waals surface area contributed by atoms with Gasteiger partial charge in [0.25, 0.3) is 10.0 Å². The van der Waals surface area contributed by atoms with Crippen molar-refractivity contribution in [1.82, 2.24) is 0 Å². The Hall–Kier alpha value is -2.01. The van der Waals surface area contributed by atoms with Crippen LogP contribution in [0.3, 0.4) is 0 Å². The Morgan fingerprint density at radius 1 is 1.00 bits per heavy atom. The van der Waals surface area contributed by atoms with Crippen LogP contribution in [0.1, 0.15) is 5.56 Å². The lowest BCUT2D eigenvalue weighted by molar-refractivity contribution is 0.414. The van der Waals surface area contributed by atoms with Crippen molar-refractivity contribution in [2.24, 2.45) is 0 Å². The minimum atomic E-state index is -3.58. The highest BCUT2D eigenvalue weighted by molar-refractivity contribution is 7.92. The molecular weight excluding hydrogens is 262 g/mol. The van der Waals surface area contributed by atoms with Crippen molar-refractivity contribution in [3.8, 4) is 5.75 Å². The van der Waals surface area contributed by atoms with Crippen LogP contribution in [0, 0.1) is 6.92 Å². The standard InChI is InChI=1S/C14H14NO3S/c1-11-3-5-12(6-4-11)15-19(16,17)14-9-7-13(18-2)8-10-14/h3-10,15H,1H2,2H3. The van der Waals surface area contributed by atoms with Crippen molar-refractivity contribution < 1.29 is 13.2 Å². The Kier molecular flexibility index (Phi) is 3.76. The van der Waals surface area contributed by atoms with Gasteiger partial charge in [-0.1, -0.05) is 12.1 Å². The van der Waals surface area contributed by atoms with Crippen molar-refractivity contribution in [2.75, 3.05) is 11.8 Å². The lowest BCUT2D eigenvalue weighted by Crippen LogP contribution is -2.12. The molecule has 0 aromatic heterocycles. The molecule has 19 heavy (non-hydrogen) atoms. The zero-order valence-electron chi connectivity index (χ0n) is 10.5. The van der Waals surface area contributed by atoms with Crippen LogP contribution in [0.5, 0.6) is 5.75 Å². The quantitative estimate of drug-likeness (QED) is 0.934. The van der Waals surface area contributed by atoms with Crippen LogP contribution in [0.15, 0.2) is 53.4 Å². The van der Waals surface area contributed by atoms with E-state index in [9.17, 15) is 8.42 Å². The molecule has 0 aliphatic carbocycles. The molecular formula is C14H14NO3S. The van der Waals surface area contributed by atoms with E-state index in [0.29, 0.717) is 11.4 Å². The maximum Gasteiger partial charge on any atom is 0.261 e. The molecule has 0 spiro atoms. The van der Waals surface area contributed by atoms with E-state index in [-0.39, 0.29) is 4.90 Å². The molecule has 0 heterocycles. The van der Waals surface area contributed by atoms with Gasteiger partial charge in [-0.15, -0.1) is 0 Å². The number of benzene rings is 2. The van der Waals surface area contributed by atoms with Gasteiger partial charge in [0.05, 0.1) is 12.0 Å². The molecule has 0 bridgehead atoms. The topological polar surface area (TPSA) is 55.4 Å². The highest BCUT2D eigenvalue weighted by Gasteiger charge is 2.13. The summed E-state index contributed by atoms with van der Waals surface area (Å²) in [5, 5.41) is 0. The number of hydrogen-bond donors (Lipinski definition) is 1. The van der Waals surface area contributed by atoms with Crippen LogP contribution in [-0.4, -0.2) is 15.5 Å². The molecule has 5 heteroatoms. The fourth-order valence-corrected chi connectivity index (χ4v) is 2.60. The highest BCUT2D eigenvalue weighted by atomic mass is 32.2. The Morgan fingerprint density at radius 2 is 1.58 bits per heavy atom. The molecule has 0 saturated carbocycles. The molecule has 4 nitrogen and oxygen atoms in total. The summed E-state index contributed by atoms with van der Waals surface area (Å²) in [5.74, 6) is 0.611. The molecule has 0 unspecified atom stereocenters. The van der Waals surface area contributed by atoms with E-state index < -0.39 is 10.0 Å². The molecule has 0 atom stereocenters. The summed E-state index contributed by atoms with van der Waals surface area (Å²) in [5.41, 5.74) is 1.33. The van der Waals surface area contributed by atoms with E-state index in [2.05, 4.69) is 11.6 Å². The van der Waals surface area contributed by atoms with Gasteiger partial charge in [0.2, 0.25) is 0 Å². The van der Waals surface area contributed by atoms with Gasteiger partial charge < -0.3 is 4.74 Å². The molecule has 2 rings (SSSR count). The van der Waals surface area contributed by atoms with Gasteiger partial charge in [-0.2, -0.15) is 0 Å². The molecule has 0 amide bonds. The van der Waals surface area contributed by atoms with Gasteiger partial charge >= 0.3 is 0 Å². The second kappa shape index (κ2) is 5.32. The smallest absolute Gasteiger partial charge is 0.261 e. The molecule has 2 aromatic carbocycles. The number of methoxy groups -OCH3 is 1. The van der Waals surface area contributed by atoms with Crippen LogP contribution in [0.25, 0.3) is 0 Å². The Balaban J connectivity index is 2.24. The first-order chi connectivity index (χ1) is 9.01.